The number of nitrogens with one attached hydrogen (secondary N) is 1. The van der Waals surface area contributed by atoms with Crippen molar-refractivity contribution >= 4 is 11.9 Å². The Bertz CT molecular complexity index is 638. The second kappa shape index (κ2) is 5.91. The van der Waals surface area contributed by atoms with Crippen LogP contribution in [0.5, 0.6) is 0 Å². The van der Waals surface area contributed by atoms with Gasteiger partial charge in [-0.2, -0.15) is 4.80 Å². The molecule has 0 saturated carbocycles. The summed E-state index contributed by atoms with van der Waals surface area (Å²) in [6, 6.07) is 7.56. The van der Waals surface area contributed by atoms with Crippen molar-refractivity contribution in [2.75, 3.05) is 6.54 Å². The van der Waals surface area contributed by atoms with E-state index in [0.29, 0.717) is 5.82 Å². The first kappa shape index (κ1) is 13.7. The predicted octanol–water partition coefficient (Wildman–Crippen LogP) is -0.151. The Morgan fingerprint density at radius 2 is 2.10 bits per heavy atom. The van der Waals surface area contributed by atoms with Crippen molar-refractivity contribution in [2.45, 2.75) is 13.5 Å². The van der Waals surface area contributed by atoms with E-state index in [-0.39, 0.29) is 6.54 Å². The average molecular weight is 275 g/mol. The Labute approximate surface area is 114 Å². The molecule has 2 aromatic rings. The number of rotatable bonds is 5. The number of carboxylic acids is 1. The lowest BCUT2D eigenvalue weighted by molar-refractivity contribution is -0.138. The topological polar surface area (TPSA) is 110 Å². The summed E-state index contributed by atoms with van der Waals surface area (Å²) in [4.78, 5) is 22.9. The number of carbonyl (C=O) groups excluding carboxylic acids is 1. The Morgan fingerprint density at radius 1 is 1.35 bits per heavy atom. The van der Waals surface area contributed by atoms with Gasteiger partial charge in [-0.3, -0.25) is 9.59 Å². The van der Waals surface area contributed by atoms with E-state index in [1.807, 2.05) is 31.2 Å². The lowest BCUT2D eigenvalue weighted by Gasteiger charge is -2.00. The molecule has 0 aliphatic carbocycles. The van der Waals surface area contributed by atoms with Crippen molar-refractivity contribution in [3.63, 3.8) is 0 Å². The molecule has 0 saturated heterocycles. The normalized spacial score (nSPS) is 10.2. The summed E-state index contributed by atoms with van der Waals surface area (Å²) in [5, 5.41) is 22.4. The number of aliphatic carboxylic acids is 1. The molecule has 2 N–H and O–H groups in total. The zero-order valence-electron chi connectivity index (χ0n) is 10.8. The van der Waals surface area contributed by atoms with Gasteiger partial charge in [0, 0.05) is 5.56 Å². The van der Waals surface area contributed by atoms with Gasteiger partial charge >= 0.3 is 5.97 Å². The lowest BCUT2D eigenvalue weighted by Crippen LogP contribution is -2.32. The molecule has 8 nitrogen and oxygen atoms in total. The van der Waals surface area contributed by atoms with E-state index in [4.69, 9.17) is 5.11 Å². The van der Waals surface area contributed by atoms with Crippen molar-refractivity contribution in [3.8, 4) is 11.4 Å². The van der Waals surface area contributed by atoms with Crippen LogP contribution in [0.25, 0.3) is 11.4 Å². The molecule has 0 atom stereocenters. The van der Waals surface area contributed by atoms with Crippen LogP contribution in [0.1, 0.15) is 5.56 Å². The first-order chi connectivity index (χ1) is 9.56. The summed E-state index contributed by atoms with van der Waals surface area (Å²) in [6.45, 7) is 1.32. The molecule has 1 heterocycles. The largest absolute Gasteiger partial charge is 0.480 e. The van der Waals surface area contributed by atoms with Gasteiger partial charge in [-0.15, -0.1) is 10.2 Å². The minimum atomic E-state index is -1.11. The Morgan fingerprint density at radius 3 is 2.80 bits per heavy atom. The standard InChI is InChI=1S/C12H13N5O3/c1-8-4-2-3-5-9(8)12-14-16-17(15-12)7-10(18)13-6-11(19)20/h2-5H,6-7H2,1H3,(H,13,18)(H,19,20). The monoisotopic (exact) mass is 275 g/mol. The highest BCUT2D eigenvalue weighted by molar-refractivity contribution is 5.80. The van der Waals surface area contributed by atoms with E-state index >= 15 is 0 Å². The zero-order valence-corrected chi connectivity index (χ0v) is 10.8. The molecule has 1 aromatic carbocycles. The minimum absolute atomic E-state index is 0.174. The van der Waals surface area contributed by atoms with E-state index in [0.717, 1.165) is 15.9 Å². The van der Waals surface area contributed by atoms with Gasteiger partial charge in [0.05, 0.1) is 0 Å². The molecule has 0 bridgehead atoms. The Hall–Kier alpha value is -2.77. The molecule has 1 aromatic heterocycles. The number of hydrogen-bond donors (Lipinski definition) is 2. The third kappa shape index (κ3) is 3.37. The van der Waals surface area contributed by atoms with E-state index in [9.17, 15) is 9.59 Å². The van der Waals surface area contributed by atoms with Gasteiger partial charge in [-0.1, -0.05) is 24.3 Å². The van der Waals surface area contributed by atoms with Gasteiger partial charge in [-0.25, -0.2) is 0 Å². The highest BCUT2D eigenvalue weighted by Gasteiger charge is 2.11. The number of nitrogens with zero attached hydrogens (tertiary/aromatic N) is 4. The number of aryl methyl sites for hydroxylation is 1. The highest BCUT2D eigenvalue weighted by Crippen LogP contribution is 2.17. The molecular weight excluding hydrogens is 262 g/mol. The highest BCUT2D eigenvalue weighted by atomic mass is 16.4. The molecule has 8 heteroatoms. The summed E-state index contributed by atoms with van der Waals surface area (Å²) in [7, 11) is 0. The summed E-state index contributed by atoms with van der Waals surface area (Å²) in [5.41, 5.74) is 1.84. The molecule has 1 amide bonds. The van der Waals surface area contributed by atoms with Crippen LogP contribution in [0.15, 0.2) is 24.3 Å². The molecule has 0 aliphatic heterocycles. The molecule has 2 rings (SSSR count). The maximum Gasteiger partial charge on any atom is 0.322 e. The smallest absolute Gasteiger partial charge is 0.322 e. The fourth-order valence-electron chi connectivity index (χ4n) is 1.60. The number of aromatic nitrogens is 4. The minimum Gasteiger partial charge on any atom is -0.480 e. The van der Waals surface area contributed by atoms with Gasteiger partial charge in [-0.05, 0) is 17.7 Å². The van der Waals surface area contributed by atoms with E-state index in [1.165, 1.54) is 0 Å². The number of carboxylic acid groups (broad SMARTS) is 1. The van der Waals surface area contributed by atoms with Gasteiger partial charge in [0.15, 0.2) is 0 Å². The summed E-state index contributed by atoms with van der Waals surface area (Å²) in [6.07, 6.45) is 0. The molecule has 0 aliphatic rings. The van der Waals surface area contributed by atoms with Gasteiger partial charge in [0.1, 0.15) is 13.1 Å². The fraction of sp³-hybridized carbons (Fsp3) is 0.250. The Balaban J connectivity index is 2.04. The fourth-order valence-corrected chi connectivity index (χ4v) is 1.60. The molecular formula is C12H13N5O3. The predicted molar refractivity (Wildman–Crippen MR) is 68.6 cm³/mol. The summed E-state index contributed by atoms with van der Waals surface area (Å²) >= 11 is 0. The second-order valence-corrected chi connectivity index (χ2v) is 4.13. The van der Waals surface area contributed by atoms with Crippen molar-refractivity contribution < 1.29 is 14.7 Å². The summed E-state index contributed by atoms with van der Waals surface area (Å²) in [5.74, 6) is -1.17. The molecule has 0 spiro atoms. The van der Waals surface area contributed by atoms with E-state index in [1.54, 1.807) is 0 Å². The molecule has 0 fully saturated rings. The number of amides is 1. The van der Waals surface area contributed by atoms with Crippen LogP contribution in [0.2, 0.25) is 0 Å². The van der Waals surface area contributed by atoms with Crippen molar-refractivity contribution in [1.29, 1.82) is 0 Å². The number of benzene rings is 1. The van der Waals surface area contributed by atoms with Crippen LogP contribution in [0, 0.1) is 6.92 Å². The third-order valence-electron chi connectivity index (χ3n) is 2.56. The van der Waals surface area contributed by atoms with Gasteiger partial charge in [0.2, 0.25) is 11.7 Å². The van der Waals surface area contributed by atoms with Gasteiger partial charge in [0.25, 0.3) is 0 Å². The van der Waals surface area contributed by atoms with Crippen LogP contribution >= 0.6 is 0 Å². The molecule has 104 valence electrons. The first-order valence-corrected chi connectivity index (χ1v) is 5.88. The third-order valence-corrected chi connectivity index (χ3v) is 2.56. The molecule has 0 radical (unpaired) electrons. The SMILES string of the molecule is Cc1ccccc1-c1nnn(CC(=O)NCC(=O)O)n1. The first-order valence-electron chi connectivity index (χ1n) is 5.88. The number of tetrazole rings is 1. The van der Waals surface area contributed by atoms with Crippen LogP contribution in [-0.2, 0) is 16.1 Å². The second-order valence-electron chi connectivity index (χ2n) is 4.13. The van der Waals surface area contributed by atoms with E-state index in [2.05, 4.69) is 20.7 Å². The zero-order chi connectivity index (χ0) is 14.5. The van der Waals surface area contributed by atoms with Crippen LogP contribution in [0.3, 0.4) is 0 Å². The average Bonchev–Trinajstić information content (AvgIpc) is 2.85. The number of carbonyl (C=O) groups is 2. The number of hydrogen-bond acceptors (Lipinski definition) is 5. The van der Waals surface area contributed by atoms with Crippen LogP contribution < -0.4 is 5.32 Å². The van der Waals surface area contributed by atoms with Gasteiger partial charge < -0.3 is 10.4 Å². The summed E-state index contributed by atoms with van der Waals surface area (Å²) < 4.78 is 0. The van der Waals surface area contributed by atoms with Crippen molar-refractivity contribution in [1.82, 2.24) is 25.5 Å². The maximum absolute atomic E-state index is 11.4. The van der Waals surface area contributed by atoms with Crippen LogP contribution in [0.4, 0.5) is 0 Å². The molecule has 0 unspecified atom stereocenters. The van der Waals surface area contributed by atoms with Crippen molar-refractivity contribution in [3.05, 3.63) is 29.8 Å². The van der Waals surface area contributed by atoms with Crippen molar-refractivity contribution in [2.24, 2.45) is 0 Å². The van der Waals surface area contributed by atoms with E-state index < -0.39 is 18.4 Å². The maximum atomic E-state index is 11.4. The Kier molecular flexibility index (Phi) is 4.04. The quantitative estimate of drug-likeness (QED) is 0.785. The van der Waals surface area contributed by atoms with Crippen LogP contribution in [-0.4, -0.2) is 43.7 Å². The lowest BCUT2D eigenvalue weighted by atomic mass is 10.1. The molecule has 20 heavy (non-hydrogen) atoms.